The molecule has 0 aliphatic rings. The smallest absolute Gasteiger partial charge is 0.140 e. The molecule has 5 heteroatoms. The molecular formula is C16H16F3NS. The van der Waals surface area contributed by atoms with Gasteiger partial charge in [0.1, 0.15) is 17.5 Å². The highest BCUT2D eigenvalue weighted by molar-refractivity contribution is 7.99. The molecule has 1 N–H and O–H groups in total. The highest BCUT2D eigenvalue weighted by atomic mass is 32.2. The van der Waals surface area contributed by atoms with Crippen LogP contribution < -0.4 is 5.32 Å². The van der Waals surface area contributed by atoms with E-state index in [0.29, 0.717) is 17.5 Å². The monoisotopic (exact) mass is 311 g/mol. The van der Waals surface area contributed by atoms with Gasteiger partial charge in [-0.05, 0) is 29.8 Å². The first-order valence-corrected chi connectivity index (χ1v) is 7.42. The fraction of sp³-hybridized carbons (Fsp3) is 0.250. The maximum atomic E-state index is 14.0. The number of halogens is 3. The Balaban J connectivity index is 2.13. The van der Waals surface area contributed by atoms with Crippen LogP contribution in [0.4, 0.5) is 13.2 Å². The van der Waals surface area contributed by atoms with E-state index in [1.54, 1.807) is 12.1 Å². The van der Waals surface area contributed by atoms with Crippen molar-refractivity contribution in [3.63, 3.8) is 0 Å². The highest BCUT2D eigenvalue weighted by Crippen LogP contribution is 2.32. The maximum absolute atomic E-state index is 14.0. The number of hydrogen-bond donors (Lipinski definition) is 1. The van der Waals surface area contributed by atoms with Gasteiger partial charge in [-0.1, -0.05) is 31.7 Å². The Bertz CT molecular complexity index is 629. The SMILES string of the molecule is CC(C)NCc1ccc(Sc2ccc(F)cc2F)c(F)c1. The first-order chi connectivity index (χ1) is 9.95. The maximum Gasteiger partial charge on any atom is 0.140 e. The minimum Gasteiger partial charge on any atom is -0.310 e. The normalized spacial score (nSPS) is 11.1. The largest absolute Gasteiger partial charge is 0.310 e. The Hall–Kier alpha value is -1.46. The van der Waals surface area contributed by atoms with Crippen LogP contribution >= 0.6 is 11.8 Å². The van der Waals surface area contributed by atoms with Crippen LogP contribution in [0, 0.1) is 17.5 Å². The fourth-order valence-electron chi connectivity index (χ4n) is 1.74. The Labute approximate surface area is 126 Å². The molecule has 0 fully saturated rings. The number of benzene rings is 2. The van der Waals surface area contributed by atoms with Crippen molar-refractivity contribution < 1.29 is 13.2 Å². The molecule has 0 bridgehead atoms. The summed E-state index contributed by atoms with van der Waals surface area (Å²) in [7, 11) is 0. The van der Waals surface area contributed by atoms with Crippen LogP contribution in [0.5, 0.6) is 0 Å². The third kappa shape index (κ3) is 4.51. The highest BCUT2D eigenvalue weighted by Gasteiger charge is 2.10. The molecule has 1 nitrogen and oxygen atoms in total. The summed E-state index contributed by atoms with van der Waals surface area (Å²) in [5, 5.41) is 3.20. The molecule has 0 unspecified atom stereocenters. The quantitative estimate of drug-likeness (QED) is 0.855. The van der Waals surface area contributed by atoms with E-state index >= 15 is 0 Å². The third-order valence-corrected chi connectivity index (χ3v) is 3.93. The second-order valence-corrected chi connectivity index (χ2v) is 6.06. The molecular weight excluding hydrogens is 295 g/mol. The van der Waals surface area contributed by atoms with Gasteiger partial charge >= 0.3 is 0 Å². The van der Waals surface area contributed by atoms with E-state index in [4.69, 9.17) is 0 Å². The zero-order chi connectivity index (χ0) is 15.4. The van der Waals surface area contributed by atoms with Gasteiger partial charge in [0.15, 0.2) is 0 Å². The van der Waals surface area contributed by atoms with E-state index in [1.165, 1.54) is 12.1 Å². The summed E-state index contributed by atoms with van der Waals surface area (Å²) in [5.41, 5.74) is 0.824. The van der Waals surface area contributed by atoms with Crippen LogP contribution in [-0.2, 0) is 6.54 Å². The molecule has 2 aromatic carbocycles. The number of nitrogens with one attached hydrogen (secondary N) is 1. The van der Waals surface area contributed by atoms with Gasteiger partial charge in [0.2, 0.25) is 0 Å². The lowest BCUT2D eigenvalue weighted by atomic mass is 10.2. The van der Waals surface area contributed by atoms with Gasteiger partial charge in [0.05, 0.1) is 0 Å². The molecule has 0 aromatic heterocycles. The zero-order valence-corrected chi connectivity index (χ0v) is 12.6. The molecule has 2 aromatic rings. The van der Waals surface area contributed by atoms with Crippen molar-refractivity contribution in [2.45, 2.75) is 36.2 Å². The van der Waals surface area contributed by atoms with Crippen LogP contribution in [0.3, 0.4) is 0 Å². The summed E-state index contributed by atoms with van der Waals surface area (Å²) in [6, 6.07) is 8.41. The van der Waals surface area contributed by atoms with Crippen molar-refractivity contribution in [2.75, 3.05) is 0 Å². The van der Waals surface area contributed by atoms with Gasteiger partial charge in [0.25, 0.3) is 0 Å². The lowest BCUT2D eigenvalue weighted by molar-refractivity contribution is 0.564. The van der Waals surface area contributed by atoms with Gasteiger partial charge in [-0.25, -0.2) is 13.2 Å². The Kier molecular flexibility index (Phi) is 5.31. The molecule has 0 aliphatic heterocycles. The minimum atomic E-state index is -0.690. The molecule has 0 amide bonds. The summed E-state index contributed by atoms with van der Waals surface area (Å²) in [6.45, 7) is 4.60. The molecule has 0 atom stereocenters. The van der Waals surface area contributed by atoms with E-state index in [9.17, 15) is 13.2 Å². The molecule has 21 heavy (non-hydrogen) atoms. The van der Waals surface area contributed by atoms with E-state index in [-0.39, 0.29) is 4.90 Å². The first kappa shape index (κ1) is 15.9. The van der Waals surface area contributed by atoms with E-state index in [1.807, 2.05) is 13.8 Å². The number of rotatable bonds is 5. The lowest BCUT2D eigenvalue weighted by Crippen LogP contribution is -2.21. The minimum absolute atomic E-state index is 0.198. The van der Waals surface area contributed by atoms with Crippen molar-refractivity contribution in [1.82, 2.24) is 5.32 Å². The molecule has 0 aliphatic carbocycles. The van der Waals surface area contributed by atoms with Gasteiger partial charge in [-0.15, -0.1) is 0 Å². The summed E-state index contributed by atoms with van der Waals surface area (Å²) < 4.78 is 40.4. The molecule has 112 valence electrons. The van der Waals surface area contributed by atoms with Crippen molar-refractivity contribution in [3.8, 4) is 0 Å². The second-order valence-electron chi connectivity index (χ2n) is 4.98. The van der Waals surface area contributed by atoms with E-state index in [0.717, 1.165) is 29.5 Å². The lowest BCUT2D eigenvalue weighted by Gasteiger charge is -2.10. The first-order valence-electron chi connectivity index (χ1n) is 6.60. The van der Waals surface area contributed by atoms with Crippen LogP contribution in [0.25, 0.3) is 0 Å². The Morgan fingerprint density at radius 2 is 1.57 bits per heavy atom. The average molecular weight is 311 g/mol. The summed E-state index contributed by atoms with van der Waals surface area (Å²) in [5.74, 6) is -1.75. The van der Waals surface area contributed by atoms with Gasteiger partial charge < -0.3 is 5.32 Å². The van der Waals surface area contributed by atoms with Crippen molar-refractivity contribution in [1.29, 1.82) is 0 Å². The van der Waals surface area contributed by atoms with Crippen LogP contribution in [0.15, 0.2) is 46.2 Å². The van der Waals surface area contributed by atoms with Crippen LogP contribution in [0.2, 0.25) is 0 Å². The molecule has 2 rings (SSSR count). The zero-order valence-electron chi connectivity index (χ0n) is 11.8. The van der Waals surface area contributed by atoms with Gasteiger partial charge in [-0.3, -0.25) is 0 Å². The topological polar surface area (TPSA) is 12.0 Å². The van der Waals surface area contributed by atoms with Gasteiger partial charge in [0, 0.05) is 28.4 Å². The van der Waals surface area contributed by atoms with Crippen molar-refractivity contribution in [3.05, 3.63) is 59.4 Å². The van der Waals surface area contributed by atoms with E-state index < -0.39 is 17.5 Å². The van der Waals surface area contributed by atoms with Crippen LogP contribution in [-0.4, -0.2) is 6.04 Å². The summed E-state index contributed by atoms with van der Waals surface area (Å²) in [4.78, 5) is 0.511. The number of hydrogen-bond acceptors (Lipinski definition) is 2. The summed E-state index contributed by atoms with van der Waals surface area (Å²) in [6.07, 6.45) is 0. The molecule has 0 saturated heterocycles. The second kappa shape index (κ2) is 7.00. The molecule has 0 heterocycles. The molecule has 0 radical (unpaired) electrons. The Morgan fingerprint density at radius 3 is 2.14 bits per heavy atom. The van der Waals surface area contributed by atoms with Crippen LogP contribution in [0.1, 0.15) is 19.4 Å². The third-order valence-electron chi connectivity index (χ3n) is 2.82. The van der Waals surface area contributed by atoms with Gasteiger partial charge in [-0.2, -0.15) is 0 Å². The predicted octanol–water partition coefficient (Wildman–Crippen LogP) is 4.75. The molecule has 0 saturated carbocycles. The summed E-state index contributed by atoms with van der Waals surface area (Å²) >= 11 is 0.946. The molecule has 0 spiro atoms. The fourth-order valence-corrected chi connectivity index (χ4v) is 2.56. The van der Waals surface area contributed by atoms with E-state index in [2.05, 4.69) is 5.32 Å². The standard InChI is InChI=1S/C16H16F3NS/c1-10(2)20-9-11-3-5-15(13(18)7-11)21-16-6-4-12(17)8-14(16)19/h3-8,10,20H,9H2,1-2H3. The van der Waals surface area contributed by atoms with Crippen molar-refractivity contribution >= 4 is 11.8 Å². The Morgan fingerprint density at radius 1 is 0.952 bits per heavy atom. The average Bonchev–Trinajstić information content (AvgIpc) is 2.42. The van der Waals surface area contributed by atoms with Crippen molar-refractivity contribution in [2.24, 2.45) is 0 Å². The predicted molar refractivity (Wildman–Crippen MR) is 78.9 cm³/mol.